The number of amides is 1. The summed E-state index contributed by atoms with van der Waals surface area (Å²) in [7, 11) is 0. The first-order valence-electron chi connectivity index (χ1n) is 8.16. The van der Waals surface area contributed by atoms with Crippen LogP contribution in [0.3, 0.4) is 0 Å². The maximum absolute atomic E-state index is 12.1. The fraction of sp³-hybridized carbons (Fsp3) is 0.263. The van der Waals surface area contributed by atoms with Gasteiger partial charge in [0.1, 0.15) is 5.03 Å². The van der Waals surface area contributed by atoms with E-state index in [1.807, 2.05) is 13.8 Å². The van der Waals surface area contributed by atoms with Crippen LogP contribution in [0, 0.1) is 20.8 Å². The topological polar surface area (TPSA) is 99.3 Å². The number of benzene rings is 1. The average molecular weight is 441 g/mol. The van der Waals surface area contributed by atoms with E-state index in [1.54, 1.807) is 6.92 Å². The van der Waals surface area contributed by atoms with Gasteiger partial charge in [0.2, 0.25) is 0 Å². The molecule has 0 bridgehead atoms. The Bertz CT molecular complexity index is 963. The number of Topliss-reactive ketones (excluding diaryl/α,β-unsaturated/α-hetero) is 1. The molecule has 0 aliphatic carbocycles. The molecule has 1 heterocycles. The van der Waals surface area contributed by atoms with Crippen molar-refractivity contribution in [3.8, 4) is 0 Å². The minimum absolute atomic E-state index is 0.121. The second-order valence-electron chi connectivity index (χ2n) is 5.99. The molecule has 0 saturated heterocycles. The quantitative estimate of drug-likeness (QED) is 0.397. The van der Waals surface area contributed by atoms with Gasteiger partial charge in [-0.2, -0.15) is 0 Å². The van der Waals surface area contributed by atoms with E-state index in [1.165, 1.54) is 18.2 Å². The van der Waals surface area contributed by atoms with Crippen LogP contribution in [0.15, 0.2) is 23.2 Å². The number of primary amides is 1. The number of nitrogens with two attached hydrogens (primary N) is 1. The molecular formula is C19H18Cl2N2O4S. The number of ether oxygens (including phenoxy) is 1. The van der Waals surface area contributed by atoms with E-state index in [2.05, 4.69) is 4.98 Å². The summed E-state index contributed by atoms with van der Waals surface area (Å²) < 4.78 is 5.01. The maximum Gasteiger partial charge on any atom is 0.316 e. The van der Waals surface area contributed by atoms with Crippen molar-refractivity contribution in [2.75, 3.05) is 12.4 Å². The van der Waals surface area contributed by atoms with E-state index >= 15 is 0 Å². The number of thioether (sulfide) groups is 1. The van der Waals surface area contributed by atoms with Crippen LogP contribution in [0.4, 0.5) is 0 Å². The van der Waals surface area contributed by atoms with Gasteiger partial charge in [0.15, 0.2) is 12.4 Å². The van der Waals surface area contributed by atoms with Crippen LogP contribution in [-0.4, -0.2) is 35.0 Å². The molecule has 0 atom stereocenters. The predicted molar refractivity (Wildman–Crippen MR) is 109 cm³/mol. The van der Waals surface area contributed by atoms with Gasteiger partial charge in [-0.1, -0.05) is 35.0 Å². The van der Waals surface area contributed by atoms with E-state index in [-0.39, 0.29) is 21.9 Å². The summed E-state index contributed by atoms with van der Waals surface area (Å²) in [6, 6.07) is 4.41. The lowest BCUT2D eigenvalue weighted by Crippen LogP contribution is -2.18. The molecule has 148 valence electrons. The van der Waals surface area contributed by atoms with Gasteiger partial charge in [-0.15, -0.1) is 0 Å². The molecular weight excluding hydrogens is 423 g/mol. The molecule has 0 spiro atoms. The Morgan fingerprint density at radius 1 is 1.11 bits per heavy atom. The first-order chi connectivity index (χ1) is 13.1. The molecule has 2 rings (SSSR count). The maximum atomic E-state index is 12.1. The number of pyridine rings is 1. The summed E-state index contributed by atoms with van der Waals surface area (Å²) in [5.74, 6) is -1.76. The Morgan fingerprint density at radius 2 is 1.79 bits per heavy atom. The zero-order valence-corrected chi connectivity index (χ0v) is 17.8. The molecule has 0 radical (unpaired) electrons. The third kappa shape index (κ3) is 5.25. The Kier molecular flexibility index (Phi) is 7.46. The molecule has 1 aromatic carbocycles. The van der Waals surface area contributed by atoms with Crippen molar-refractivity contribution in [2.24, 2.45) is 5.73 Å². The summed E-state index contributed by atoms with van der Waals surface area (Å²) in [6.45, 7) is 5.01. The van der Waals surface area contributed by atoms with Gasteiger partial charge in [-0.3, -0.25) is 14.4 Å². The second-order valence-corrected chi connectivity index (χ2v) is 7.77. The number of rotatable bonds is 7. The fourth-order valence-electron chi connectivity index (χ4n) is 2.37. The number of hydrogen-bond acceptors (Lipinski definition) is 6. The summed E-state index contributed by atoms with van der Waals surface area (Å²) in [5, 5.41) is 0.929. The van der Waals surface area contributed by atoms with Crippen LogP contribution >= 0.6 is 35.0 Å². The molecule has 2 N–H and O–H groups in total. The van der Waals surface area contributed by atoms with Crippen LogP contribution in [0.25, 0.3) is 0 Å². The Hall–Kier alpha value is -2.09. The normalized spacial score (nSPS) is 10.6. The third-order valence-corrected chi connectivity index (χ3v) is 5.83. The average Bonchev–Trinajstić information content (AvgIpc) is 2.64. The van der Waals surface area contributed by atoms with Crippen molar-refractivity contribution in [3.63, 3.8) is 0 Å². The van der Waals surface area contributed by atoms with E-state index < -0.39 is 24.3 Å². The number of halogens is 2. The molecule has 0 unspecified atom stereocenters. The van der Waals surface area contributed by atoms with Crippen LogP contribution in [-0.2, 0) is 9.53 Å². The molecule has 0 aliphatic rings. The van der Waals surface area contributed by atoms with Gasteiger partial charge in [0.25, 0.3) is 5.91 Å². The largest absolute Gasteiger partial charge is 0.457 e. The predicted octanol–water partition coefficient (Wildman–Crippen LogP) is 3.93. The van der Waals surface area contributed by atoms with Gasteiger partial charge in [0.05, 0.1) is 21.4 Å². The van der Waals surface area contributed by atoms with Gasteiger partial charge >= 0.3 is 5.97 Å². The zero-order valence-electron chi connectivity index (χ0n) is 15.5. The first-order valence-corrected chi connectivity index (χ1v) is 9.90. The van der Waals surface area contributed by atoms with Gasteiger partial charge < -0.3 is 10.5 Å². The highest BCUT2D eigenvalue weighted by Crippen LogP contribution is 2.27. The van der Waals surface area contributed by atoms with Crippen molar-refractivity contribution < 1.29 is 19.1 Å². The number of hydrogen-bond donors (Lipinski definition) is 1. The number of nitrogens with zero attached hydrogens (tertiary/aromatic N) is 1. The van der Waals surface area contributed by atoms with E-state index in [9.17, 15) is 14.4 Å². The molecule has 0 aliphatic heterocycles. The highest BCUT2D eigenvalue weighted by Gasteiger charge is 2.19. The molecule has 2 aromatic rings. The Balaban J connectivity index is 2.00. The standard InChI is InChI=1S/C19H18Cl2N2O4S/c1-9-10(2)17(18(22)26)19(23-11(9)3)28-8-16(25)27-7-15(24)12-4-5-13(20)14(21)6-12/h4-6H,7-8H2,1-3H3,(H2,22,26). The molecule has 9 heteroatoms. The van der Waals surface area contributed by atoms with Gasteiger partial charge in [0, 0.05) is 11.3 Å². The lowest BCUT2D eigenvalue weighted by atomic mass is 10.0. The van der Waals surface area contributed by atoms with Crippen molar-refractivity contribution >= 4 is 52.6 Å². The fourth-order valence-corrected chi connectivity index (χ4v) is 3.61. The second kappa shape index (κ2) is 9.41. The Labute approximate surface area is 176 Å². The molecule has 0 saturated carbocycles. The zero-order chi connectivity index (χ0) is 21.0. The molecule has 6 nitrogen and oxygen atoms in total. The lowest BCUT2D eigenvalue weighted by Gasteiger charge is -2.13. The number of aromatic nitrogens is 1. The smallest absolute Gasteiger partial charge is 0.316 e. The van der Waals surface area contributed by atoms with Crippen LogP contribution in [0.2, 0.25) is 10.0 Å². The molecule has 1 aromatic heterocycles. The van der Waals surface area contributed by atoms with Crippen molar-refractivity contribution in [3.05, 3.63) is 56.2 Å². The van der Waals surface area contributed by atoms with Crippen molar-refractivity contribution in [1.29, 1.82) is 0 Å². The van der Waals surface area contributed by atoms with Gasteiger partial charge in [-0.25, -0.2) is 4.98 Å². The van der Waals surface area contributed by atoms with Gasteiger partial charge in [-0.05, 0) is 50.1 Å². The number of aryl methyl sites for hydroxylation is 1. The lowest BCUT2D eigenvalue weighted by molar-refractivity contribution is -0.139. The van der Waals surface area contributed by atoms with E-state index in [4.69, 9.17) is 33.7 Å². The minimum Gasteiger partial charge on any atom is -0.457 e. The highest BCUT2D eigenvalue weighted by atomic mass is 35.5. The van der Waals surface area contributed by atoms with E-state index in [0.29, 0.717) is 10.0 Å². The summed E-state index contributed by atoms with van der Waals surface area (Å²) in [5.41, 5.74) is 8.37. The van der Waals surface area contributed by atoms with Crippen LogP contribution in [0.1, 0.15) is 37.5 Å². The van der Waals surface area contributed by atoms with Crippen LogP contribution in [0.5, 0.6) is 0 Å². The monoisotopic (exact) mass is 440 g/mol. The number of carbonyl (C=O) groups is 3. The highest BCUT2D eigenvalue weighted by molar-refractivity contribution is 8.00. The number of carbonyl (C=O) groups excluding carboxylic acids is 3. The summed E-state index contributed by atoms with van der Waals surface area (Å²) >= 11 is 12.7. The third-order valence-electron chi connectivity index (χ3n) is 4.14. The minimum atomic E-state index is -0.619. The molecule has 28 heavy (non-hydrogen) atoms. The number of esters is 1. The van der Waals surface area contributed by atoms with E-state index in [0.717, 1.165) is 28.6 Å². The van der Waals surface area contributed by atoms with Crippen molar-refractivity contribution in [2.45, 2.75) is 25.8 Å². The SMILES string of the molecule is Cc1nc(SCC(=O)OCC(=O)c2ccc(Cl)c(Cl)c2)c(C(N)=O)c(C)c1C. The van der Waals surface area contributed by atoms with Crippen LogP contribution < -0.4 is 5.73 Å². The first kappa shape index (κ1) is 22.2. The summed E-state index contributed by atoms with van der Waals surface area (Å²) in [4.78, 5) is 40.2. The van der Waals surface area contributed by atoms with Crippen molar-refractivity contribution in [1.82, 2.24) is 4.98 Å². The molecule has 0 fully saturated rings. The summed E-state index contributed by atoms with van der Waals surface area (Å²) in [6.07, 6.45) is 0. The Morgan fingerprint density at radius 3 is 2.39 bits per heavy atom. The number of ketones is 1. The molecule has 1 amide bonds.